The quantitative estimate of drug-likeness (QED) is 0.931. The molecule has 0 spiro atoms. The Morgan fingerprint density at radius 3 is 2.67 bits per heavy atom. The van der Waals surface area contributed by atoms with Gasteiger partial charge in [-0.3, -0.25) is 4.79 Å². The summed E-state index contributed by atoms with van der Waals surface area (Å²) in [5.41, 5.74) is 6.71. The van der Waals surface area contributed by atoms with Gasteiger partial charge in [0.25, 0.3) is 0 Å². The van der Waals surface area contributed by atoms with Crippen molar-refractivity contribution in [3.05, 3.63) is 35.6 Å². The molecule has 4 atom stereocenters. The summed E-state index contributed by atoms with van der Waals surface area (Å²) in [6, 6.07) is 6.34. The largest absolute Gasteiger partial charge is 0.335 e. The van der Waals surface area contributed by atoms with Crippen molar-refractivity contribution in [2.75, 3.05) is 6.54 Å². The zero-order valence-electron chi connectivity index (χ0n) is 12.8. The van der Waals surface area contributed by atoms with Crippen molar-refractivity contribution in [3.63, 3.8) is 0 Å². The fourth-order valence-corrected chi connectivity index (χ4v) is 2.81. The lowest BCUT2D eigenvalue weighted by Crippen LogP contribution is -2.41. The van der Waals surface area contributed by atoms with Gasteiger partial charge in [0.2, 0.25) is 5.91 Å². The molecule has 1 fully saturated rings. The standard InChI is InChI=1S/C16H23FN2O.ClH/c1-10-7-15(13-5-4-6-14(17)8-13)19(9-10)16(20)11(2)12(3)18;/h4-6,8,10-12,15H,7,9,18H2,1-3H3;1H. The number of carbonyl (C=O) groups excluding carboxylic acids is 1. The number of rotatable bonds is 3. The van der Waals surface area contributed by atoms with Crippen molar-refractivity contribution in [2.24, 2.45) is 17.6 Å². The van der Waals surface area contributed by atoms with Crippen LogP contribution in [0.1, 0.15) is 38.8 Å². The summed E-state index contributed by atoms with van der Waals surface area (Å²) in [4.78, 5) is 14.4. The van der Waals surface area contributed by atoms with E-state index in [0.717, 1.165) is 18.5 Å². The van der Waals surface area contributed by atoms with Crippen LogP contribution in [0.5, 0.6) is 0 Å². The molecular formula is C16H24ClFN2O. The lowest BCUT2D eigenvalue weighted by Gasteiger charge is -2.29. The number of nitrogens with two attached hydrogens (primary N) is 1. The minimum Gasteiger partial charge on any atom is -0.335 e. The van der Waals surface area contributed by atoms with Crippen LogP contribution in [0.3, 0.4) is 0 Å². The minimum absolute atomic E-state index is 0. The average molecular weight is 315 g/mol. The third-order valence-electron chi connectivity index (χ3n) is 4.20. The summed E-state index contributed by atoms with van der Waals surface area (Å²) in [6.45, 7) is 6.55. The zero-order chi connectivity index (χ0) is 14.9. The van der Waals surface area contributed by atoms with Crippen molar-refractivity contribution in [1.29, 1.82) is 0 Å². The lowest BCUT2D eigenvalue weighted by atomic mass is 9.99. The van der Waals surface area contributed by atoms with Crippen LogP contribution in [-0.4, -0.2) is 23.4 Å². The summed E-state index contributed by atoms with van der Waals surface area (Å²) in [5, 5.41) is 0. The highest BCUT2D eigenvalue weighted by molar-refractivity contribution is 5.85. The summed E-state index contributed by atoms with van der Waals surface area (Å²) < 4.78 is 13.4. The van der Waals surface area contributed by atoms with Crippen LogP contribution < -0.4 is 5.73 Å². The number of nitrogens with zero attached hydrogens (tertiary/aromatic N) is 1. The maximum Gasteiger partial charge on any atom is 0.227 e. The smallest absolute Gasteiger partial charge is 0.227 e. The van der Waals surface area contributed by atoms with E-state index in [1.807, 2.05) is 24.8 Å². The summed E-state index contributed by atoms with van der Waals surface area (Å²) >= 11 is 0. The van der Waals surface area contributed by atoms with E-state index in [-0.39, 0.29) is 42.1 Å². The van der Waals surface area contributed by atoms with E-state index in [1.165, 1.54) is 12.1 Å². The molecule has 1 aliphatic heterocycles. The van der Waals surface area contributed by atoms with Crippen molar-refractivity contribution >= 4 is 18.3 Å². The molecule has 1 aromatic rings. The summed E-state index contributed by atoms with van der Waals surface area (Å²) in [5.74, 6) is 0.0251. The van der Waals surface area contributed by atoms with Crippen molar-refractivity contribution in [3.8, 4) is 0 Å². The van der Waals surface area contributed by atoms with Gasteiger partial charge < -0.3 is 10.6 Å². The highest BCUT2D eigenvalue weighted by atomic mass is 35.5. The van der Waals surface area contributed by atoms with Gasteiger partial charge in [0, 0.05) is 12.6 Å². The van der Waals surface area contributed by atoms with Crippen LogP contribution in [0.15, 0.2) is 24.3 Å². The second kappa shape index (κ2) is 7.23. The van der Waals surface area contributed by atoms with E-state index in [4.69, 9.17) is 5.73 Å². The number of hydrogen-bond donors (Lipinski definition) is 1. The van der Waals surface area contributed by atoms with Crippen LogP contribution in [0.4, 0.5) is 4.39 Å². The van der Waals surface area contributed by atoms with Gasteiger partial charge in [-0.05, 0) is 37.0 Å². The van der Waals surface area contributed by atoms with Gasteiger partial charge in [0.1, 0.15) is 5.82 Å². The Labute approximate surface area is 132 Å². The molecule has 1 amide bonds. The second-order valence-electron chi connectivity index (χ2n) is 6.05. The molecule has 3 nitrogen and oxygen atoms in total. The molecule has 0 saturated carbocycles. The van der Waals surface area contributed by atoms with E-state index >= 15 is 0 Å². The van der Waals surface area contributed by atoms with Crippen molar-refractivity contribution in [1.82, 2.24) is 4.90 Å². The molecule has 21 heavy (non-hydrogen) atoms. The molecular weight excluding hydrogens is 291 g/mol. The van der Waals surface area contributed by atoms with Crippen LogP contribution in [0, 0.1) is 17.7 Å². The Morgan fingerprint density at radius 1 is 1.43 bits per heavy atom. The number of amides is 1. The lowest BCUT2D eigenvalue weighted by molar-refractivity contribution is -0.136. The number of hydrogen-bond acceptors (Lipinski definition) is 2. The van der Waals surface area contributed by atoms with E-state index < -0.39 is 0 Å². The van der Waals surface area contributed by atoms with Gasteiger partial charge in [-0.25, -0.2) is 4.39 Å². The van der Waals surface area contributed by atoms with Crippen LogP contribution in [0.2, 0.25) is 0 Å². The predicted molar refractivity (Wildman–Crippen MR) is 84.7 cm³/mol. The first-order valence-corrected chi connectivity index (χ1v) is 7.21. The van der Waals surface area contributed by atoms with Crippen LogP contribution in [-0.2, 0) is 4.79 Å². The van der Waals surface area contributed by atoms with Gasteiger partial charge in [0.15, 0.2) is 0 Å². The second-order valence-corrected chi connectivity index (χ2v) is 6.05. The monoisotopic (exact) mass is 314 g/mol. The fraction of sp³-hybridized carbons (Fsp3) is 0.562. The van der Waals surface area contributed by atoms with Gasteiger partial charge in [-0.15, -0.1) is 12.4 Å². The summed E-state index contributed by atoms with van der Waals surface area (Å²) in [6.07, 6.45) is 0.876. The Balaban J connectivity index is 0.00000220. The van der Waals surface area contributed by atoms with Gasteiger partial charge in [-0.2, -0.15) is 0 Å². The average Bonchev–Trinajstić information content (AvgIpc) is 2.79. The molecule has 1 aromatic carbocycles. The Bertz CT molecular complexity index is 495. The Morgan fingerprint density at radius 2 is 2.10 bits per heavy atom. The predicted octanol–water partition coefficient (Wildman–Crippen LogP) is 3.14. The third kappa shape index (κ3) is 3.95. The topological polar surface area (TPSA) is 46.3 Å². The molecule has 0 aromatic heterocycles. The van der Waals surface area contributed by atoms with Crippen LogP contribution >= 0.6 is 12.4 Å². The normalized spacial score (nSPS) is 24.3. The first kappa shape index (κ1) is 17.9. The highest BCUT2D eigenvalue weighted by Crippen LogP contribution is 2.36. The van der Waals surface area contributed by atoms with E-state index in [9.17, 15) is 9.18 Å². The minimum atomic E-state index is -0.255. The van der Waals surface area contributed by atoms with Gasteiger partial charge in [0.05, 0.1) is 12.0 Å². The Kier molecular flexibility index (Phi) is 6.17. The first-order chi connectivity index (χ1) is 9.40. The van der Waals surface area contributed by atoms with Crippen LogP contribution in [0.25, 0.3) is 0 Å². The Hall–Kier alpha value is -1.13. The molecule has 0 radical (unpaired) electrons. The molecule has 1 heterocycles. The third-order valence-corrected chi connectivity index (χ3v) is 4.20. The number of likely N-dealkylation sites (tertiary alicyclic amines) is 1. The van der Waals surface area contributed by atoms with Gasteiger partial charge >= 0.3 is 0 Å². The number of carbonyl (C=O) groups is 1. The molecule has 2 N–H and O–H groups in total. The van der Waals surface area contributed by atoms with E-state index in [0.29, 0.717) is 5.92 Å². The molecule has 4 unspecified atom stereocenters. The SMILES string of the molecule is CC1CC(c2cccc(F)c2)N(C(=O)C(C)C(C)N)C1.Cl. The van der Waals surface area contributed by atoms with Crippen molar-refractivity contribution in [2.45, 2.75) is 39.3 Å². The molecule has 1 aliphatic rings. The molecule has 5 heteroatoms. The molecule has 1 saturated heterocycles. The highest BCUT2D eigenvalue weighted by Gasteiger charge is 2.36. The van der Waals surface area contributed by atoms with Crippen molar-refractivity contribution < 1.29 is 9.18 Å². The maximum atomic E-state index is 13.4. The number of halogens is 2. The van der Waals surface area contributed by atoms with Gasteiger partial charge in [-0.1, -0.05) is 26.0 Å². The zero-order valence-corrected chi connectivity index (χ0v) is 13.6. The molecule has 0 aliphatic carbocycles. The molecule has 0 bridgehead atoms. The summed E-state index contributed by atoms with van der Waals surface area (Å²) in [7, 11) is 0. The maximum absolute atomic E-state index is 13.4. The first-order valence-electron chi connectivity index (χ1n) is 7.21. The number of benzene rings is 1. The molecule has 2 rings (SSSR count). The fourth-order valence-electron chi connectivity index (χ4n) is 2.81. The van der Waals surface area contributed by atoms with E-state index in [2.05, 4.69) is 6.92 Å². The molecule has 118 valence electrons. The van der Waals surface area contributed by atoms with E-state index in [1.54, 1.807) is 6.07 Å².